The van der Waals surface area contributed by atoms with Crippen molar-refractivity contribution in [1.29, 1.82) is 0 Å². The van der Waals surface area contributed by atoms with Crippen molar-refractivity contribution >= 4 is 27.5 Å². The number of ether oxygens (including phenoxy) is 2. The molecule has 0 amide bonds. The molecule has 0 radical (unpaired) electrons. The summed E-state index contributed by atoms with van der Waals surface area (Å²) in [5.74, 6) is 0.843. The summed E-state index contributed by atoms with van der Waals surface area (Å²) in [7, 11) is 1.60. The Bertz CT molecular complexity index is 1320. The molecule has 0 aliphatic rings. The third kappa shape index (κ3) is 4.36. The van der Waals surface area contributed by atoms with Crippen LogP contribution in [-0.2, 0) is 6.54 Å². The van der Waals surface area contributed by atoms with Crippen molar-refractivity contribution < 1.29 is 19.4 Å². The van der Waals surface area contributed by atoms with E-state index in [2.05, 4.69) is 4.98 Å². The summed E-state index contributed by atoms with van der Waals surface area (Å²) in [5, 5.41) is 11.1. The first-order chi connectivity index (χ1) is 15.5. The Morgan fingerprint density at radius 3 is 2.59 bits per heavy atom. The number of hydrogen-bond acceptors (Lipinski definition) is 6. The Balaban J connectivity index is 1.65. The van der Waals surface area contributed by atoms with Gasteiger partial charge >= 0.3 is 5.97 Å². The maximum Gasteiger partial charge on any atom is 0.337 e. The topological polar surface area (TPSA) is 90.7 Å². The second-order valence-corrected chi connectivity index (χ2v) is 8.13. The Morgan fingerprint density at radius 1 is 1.16 bits per heavy atom. The van der Waals surface area contributed by atoms with Crippen molar-refractivity contribution in [3.8, 4) is 22.9 Å². The lowest BCUT2D eigenvalue weighted by Gasteiger charge is -2.14. The maximum atomic E-state index is 13.3. The minimum Gasteiger partial charge on any atom is -0.497 e. The Kier molecular flexibility index (Phi) is 6.23. The SMILES string of the molecule is COc1ccc(OCCCn2c(-c3cccc(C)c3)nc3scc(C(=O)O)c3c2=O)cc1. The van der Waals surface area contributed by atoms with E-state index in [0.29, 0.717) is 36.0 Å². The first kappa shape index (κ1) is 21.6. The van der Waals surface area contributed by atoms with Crippen LogP contribution in [0.2, 0.25) is 0 Å². The molecule has 0 aliphatic heterocycles. The minimum atomic E-state index is -1.13. The van der Waals surface area contributed by atoms with Crippen molar-refractivity contribution in [2.75, 3.05) is 13.7 Å². The quantitative estimate of drug-likeness (QED) is 0.394. The molecule has 164 valence electrons. The van der Waals surface area contributed by atoms with E-state index in [-0.39, 0.29) is 16.5 Å². The Morgan fingerprint density at radius 2 is 1.91 bits per heavy atom. The molecule has 0 atom stereocenters. The van der Waals surface area contributed by atoms with Gasteiger partial charge in [-0.05, 0) is 43.7 Å². The molecule has 7 nitrogen and oxygen atoms in total. The zero-order valence-electron chi connectivity index (χ0n) is 17.7. The zero-order valence-corrected chi connectivity index (χ0v) is 18.5. The van der Waals surface area contributed by atoms with Crippen LogP contribution in [0.3, 0.4) is 0 Å². The molecule has 32 heavy (non-hydrogen) atoms. The zero-order chi connectivity index (χ0) is 22.7. The summed E-state index contributed by atoms with van der Waals surface area (Å²) in [6, 6.07) is 15.0. The number of nitrogens with zero attached hydrogens (tertiary/aromatic N) is 2. The van der Waals surface area contributed by atoms with Crippen LogP contribution in [0.1, 0.15) is 22.3 Å². The molecule has 1 N–H and O–H groups in total. The number of carboxylic acids is 1. The molecule has 4 aromatic rings. The first-order valence-electron chi connectivity index (χ1n) is 10.1. The molecule has 0 aliphatic carbocycles. The summed E-state index contributed by atoms with van der Waals surface area (Å²) >= 11 is 1.17. The molecule has 0 unspecified atom stereocenters. The van der Waals surface area contributed by atoms with Crippen molar-refractivity contribution in [3.05, 3.63) is 75.4 Å². The Hall–Kier alpha value is -3.65. The summed E-state index contributed by atoms with van der Waals surface area (Å²) in [5.41, 5.74) is 1.49. The van der Waals surface area contributed by atoms with Crippen LogP contribution < -0.4 is 15.0 Å². The minimum absolute atomic E-state index is 0.0125. The molecule has 4 rings (SSSR count). The number of aromatic carboxylic acids is 1. The fourth-order valence-electron chi connectivity index (χ4n) is 3.48. The lowest BCUT2D eigenvalue weighted by Crippen LogP contribution is -2.25. The summed E-state index contributed by atoms with van der Waals surface area (Å²) in [6.07, 6.45) is 0.546. The normalized spacial score (nSPS) is 10.9. The number of methoxy groups -OCH3 is 1. The van der Waals surface area contributed by atoms with E-state index in [1.165, 1.54) is 16.7 Å². The van der Waals surface area contributed by atoms with Crippen molar-refractivity contribution in [1.82, 2.24) is 9.55 Å². The van der Waals surface area contributed by atoms with Crippen molar-refractivity contribution in [3.63, 3.8) is 0 Å². The predicted octanol–water partition coefficient (Wildman–Crippen LogP) is 4.61. The van der Waals surface area contributed by atoms with E-state index in [9.17, 15) is 14.7 Å². The summed E-state index contributed by atoms with van der Waals surface area (Å²) in [6.45, 7) is 2.70. The number of aromatic nitrogens is 2. The fourth-order valence-corrected chi connectivity index (χ4v) is 4.38. The monoisotopic (exact) mass is 450 g/mol. The number of rotatable bonds is 8. The van der Waals surface area contributed by atoms with Crippen molar-refractivity contribution in [2.24, 2.45) is 0 Å². The van der Waals surface area contributed by atoms with E-state index >= 15 is 0 Å². The van der Waals surface area contributed by atoms with Crippen LogP contribution in [0.4, 0.5) is 0 Å². The highest BCUT2D eigenvalue weighted by atomic mass is 32.1. The third-order valence-electron chi connectivity index (χ3n) is 5.05. The lowest BCUT2D eigenvalue weighted by molar-refractivity contribution is 0.0699. The highest BCUT2D eigenvalue weighted by Gasteiger charge is 2.20. The number of aryl methyl sites for hydroxylation is 1. The van der Waals surface area contributed by atoms with E-state index in [4.69, 9.17) is 9.47 Å². The summed E-state index contributed by atoms with van der Waals surface area (Å²) < 4.78 is 12.5. The van der Waals surface area contributed by atoms with Crippen molar-refractivity contribution in [2.45, 2.75) is 19.9 Å². The van der Waals surface area contributed by atoms with E-state index in [1.54, 1.807) is 11.7 Å². The van der Waals surface area contributed by atoms with Gasteiger partial charge in [0.2, 0.25) is 0 Å². The van der Waals surface area contributed by atoms with Crippen LogP contribution in [0.25, 0.3) is 21.6 Å². The molecule has 0 bridgehead atoms. The summed E-state index contributed by atoms with van der Waals surface area (Å²) in [4.78, 5) is 30.0. The van der Waals surface area contributed by atoms with E-state index < -0.39 is 5.97 Å². The number of hydrogen-bond donors (Lipinski definition) is 1. The van der Waals surface area contributed by atoms with Crippen LogP contribution >= 0.6 is 11.3 Å². The van der Waals surface area contributed by atoms with E-state index in [0.717, 1.165) is 16.9 Å². The third-order valence-corrected chi connectivity index (χ3v) is 5.93. The smallest absolute Gasteiger partial charge is 0.337 e. The van der Waals surface area contributed by atoms with Gasteiger partial charge in [0.1, 0.15) is 22.2 Å². The number of fused-ring (bicyclic) bond motifs is 1. The second kappa shape index (κ2) is 9.23. The Labute approximate surface area is 188 Å². The fraction of sp³-hybridized carbons (Fsp3) is 0.208. The highest BCUT2D eigenvalue weighted by molar-refractivity contribution is 7.17. The van der Waals surface area contributed by atoms with Gasteiger partial charge < -0.3 is 14.6 Å². The van der Waals surface area contributed by atoms with Gasteiger partial charge in [0.05, 0.1) is 24.7 Å². The van der Waals surface area contributed by atoms with Gasteiger partial charge in [-0.2, -0.15) is 0 Å². The molecule has 2 heterocycles. The standard InChI is InChI=1S/C24H22N2O5S/c1-15-5-3-6-16(13-15)21-25-22-20(19(14-32-22)24(28)29)23(27)26(21)11-4-12-31-18-9-7-17(30-2)8-10-18/h3,5-10,13-14H,4,11-12H2,1-2H3,(H,28,29). The molecule has 8 heteroatoms. The van der Waals surface area contributed by atoms with Crippen LogP contribution in [0, 0.1) is 6.92 Å². The molecule has 0 spiro atoms. The highest BCUT2D eigenvalue weighted by Crippen LogP contribution is 2.26. The van der Waals surface area contributed by atoms with Gasteiger partial charge in [0.25, 0.3) is 5.56 Å². The molecule has 0 fully saturated rings. The average molecular weight is 451 g/mol. The molecule has 0 saturated carbocycles. The van der Waals surface area contributed by atoms with Gasteiger partial charge in [-0.25, -0.2) is 9.78 Å². The number of carboxylic acid groups (broad SMARTS) is 1. The molecule has 0 saturated heterocycles. The van der Waals surface area contributed by atoms with Crippen LogP contribution in [-0.4, -0.2) is 34.3 Å². The first-order valence-corrected chi connectivity index (χ1v) is 10.9. The number of carbonyl (C=O) groups is 1. The van der Waals surface area contributed by atoms with Gasteiger partial charge in [-0.15, -0.1) is 11.3 Å². The number of benzene rings is 2. The predicted molar refractivity (Wildman–Crippen MR) is 124 cm³/mol. The van der Waals surface area contributed by atoms with Gasteiger partial charge in [0.15, 0.2) is 0 Å². The second-order valence-electron chi connectivity index (χ2n) is 7.27. The van der Waals surface area contributed by atoms with Gasteiger partial charge in [-0.1, -0.05) is 23.8 Å². The lowest BCUT2D eigenvalue weighted by atomic mass is 10.1. The molecular formula is C24H22N2O5S. The van der Waals surface area contributed by atoms with Gasteiger partial charge in [0, 0.05) is 17.5 Å². The molecule has 2 aromatic carbocycles. The van der Waals surface area contributed by atoms with Crippen LogP contribution in [0.5, 0.6) is 11.5 Å². The molecule has 2 aromatic heterocycles. The number of thiophene rings is 1. The van der Waals surface area contributed by atoms with Crippen LogP contribution in [0.15, 0.2) is 58.7 Å². The maximum absolute atomic E-state index is 13.3. The average Bonchev–Trinajstić information content (AvgIpc) is 3.23. The largest absolute Gasteiger partial charge is 0.497 e. The molecular weight excluding hydrogens is 428 g/mol. The van der Waals surface area contributed by atoms with Gasteiger partial charge in [-0.3, -0.25) is 9.36 Å². The van der Waals surface area contributed by atoms with E-state index in [1.807, 2.05) is 55.5 Å².